The van der Waals surface area contributed by atoms with Crippen LogP contribution >= 0.6 is 11.3 Å². The van der Waals surface area contributed by atoms with Crippen molar-refractivity contribution in [2.75, 3.05) is 19.7 Å². The number of piperidine rings is 1. The summed E-state index contributed by atoms with van der Waals surface area (Å²) in [7, 11) is 0. The van der Waals surface area contributed by atoms with Crippen molar-refractivity contribution in [3.8, 4) is 16.4 Å². The Labute approximate surface area is 184 Å². The quantitative estimate of drug-likeness (QED) is 0.568. The molecule has 1 aliphatic rings. The van der Waals surface area contributed by atoms with Crippen molar-refractivity contribution in [3.05, 3.63) is 53.2 Å². The molecule has 1 saturated heterocycles. The second kappa shape index (κ2) is 9.40. The van der Waals surface area contributed by atoms with E-state index in [1.54, 1.807) is 17.8 Å². The van der Waals surface area contributed by atoms with Gasteiger partial charge in [-0.15, -0.1) is 11.3 Å². The van der Waals surface area contributed by atoms with Gasteiger partial charge in [0.15, 0.2) is 0 Å². The Morgan fingerprint density at radius 3 is 2.65 bits per heavy atom. The van der Waals surface area contributed by atoms with Crippen molar-refractivity contribution in [1.29, 1.82) is 0 Å². The Kier molecular flexibility index (Phi) is 6.43. The number of thiazole rings is 1. The average molecular weight is 440 g/mol. The smallest absolute Gasteiger partial charge is 0.341 e. The fourth-order valence-electron chi connectivity index (χ4n) is 3.76. The van der Waals surface area contributed by atoms with Crippen molar-refractivity contribution in [3.63, 3.8) is 0 Å². The first kappa shape index (κ1) is 21.2. The Bertz CT molecular complexity index is 1050. The Balaban J connectivity index is 1.62. The van der Waals surface area contributed by atoms with Crippen molar-refractivity contribution in [1.82, 2.24) is 19.7 Å². The van der Waals surface area contributed by atoms with Gasteiger partial charge in [-0.05, 0) is 32.9 Å². The van der Waals surface area contributed by atoms with Crippen LogP contribution in [0.1, 0.15) is 35.8 Å². The Morgan fingerprint density at radius 2 is 1.97 bits per heavy atom. The van der Waals surface area contributed by atoms with Crippen molar-refractivity contribution in [2.45, 2.75) is 26.3 Å². The van der Waals surface area contributed by atoms with Gasteiger partial charge in [-0.3, -0.25) is 9.69 Å². The van der Waals surface area contributed by atoms with Crippen LogP contribution in [0.25, 0.3) is 16.4 Å². The van der Waals surface area contributed by atoms with Crippen LogP contribution in [0.5, 0.6) is 0 Å². The van der Waals surface area contributed by atoms with E-state index < -0.39 is 5.97 Å². The van der Waals surface area contributed by atoms with E-state index >= 15 is 0 Å². The highest BCUT2D eigenvalue weighted by Gasteiger charge is 2.27. The predicted molar refractivity (Wildman–Crippen MR) is 118 cm³/mol. The summed E-state index contributed by atoms with van der Waals surface area (Å²) in [5, 5.41) is 7.14. The van der Waals surface area contributed by atoms with Crippen molar-refractivity contribution >= 4 is 23.2 Å². The lowest BCUT2D eigenvalue weighted by Gasteiger charge is -2.30. The molecule has 3 aromatic rings. The summed E-state index contributed by atoms with van der Waals surface area (Å²) in [6.07, 6.45) is 2.98. The minimum Gasteiger partial charge on any atom is -0.462 e. The number of ether oxygens (including phenoxy) is 1. The number of amides is 1. The number of esters is 1. The molecule has 1 amide bonds. The molecule has 0 spiro atoms. The van der Waals surface area contributed by atoms with Crippen LogP contribution in [0.4, 0.5) is 0 Å². The van der Waals surface area contributed by atoms with Crippen LogP contribution in [-0.2, 0) is 16.1 Å². The maximum absolute atomic E-state index is 12.5. The monoisotopic (exact) mass is 439 g/mol. The van der Waals surface area contributed by atoms with Crippen molar-refractivity contribution in [2.24, 2.45) is 11.7 Å². The number of primary amides is 1. The van der Waals surface area contributed by atoms with Gasteiger partial charge in [0.05, 0.1) is 24.2 Å². The highest BCUT2D eigenvalue weighted by Crippen LogP contribution is 2.27. The lowest BCUT2D eigenvalue weighted by molar-refractivity contribution is -0.123. The van der Waals surface area contributed by atoms with Crippen molar-refractivity contribution < 1.29 is 14.3 Å². The van der Waals surface area contributed by atoms with E-state index in [-0.39, 0.29) is 11.8 Å². The second-order valence-corrected chi connectivity index (χ2v) is 8.31. The third kappa shape index (κ3) is 4.67. The molecule has 0 aliphatic carbocycles. The summed E-state index contributed by atoms with van der Waals surface area (Å²) in [5.41, 5.74) is 8.53. The minimum atomic E-state index is -0.393. The SMILES string of the molecule is CCOC(=O)c1cnn(-c2nc(-c3ccccc3)cs2)c1CN1CCC(C(N)=O)CC1. The second-order valence-electron chi connectivity index (χ2n) is 7.47. The minimum absolute atomic E-state index is 0.0851. The highest BCUT2D eigenvalue weighted by atomic mass is 32.1. The zero-order valence-electron chi connectivity index (χ0n) is 17.4. The number of benzene rings is 1. The maximum atomic E-state index is 12.5. The van der Waals surface area contributed by atoms with Gasteiger partial charge >= 0.3 is 5.97 Å². The molecule has 0 radical (unpaired) electrons. The third-order valence-electron chi connectivity index (χ3n) is 5.47. The summed E-state index contributed by atoms with van der Waals surface area (Å²) in [4.78, 5) is 31.0. The number of hydrogen-bond acceptors (Lipinski definition) is 7. The molecular formula is C22H25N5O3S. The molecule has 31 heavy (non-hydrogen) atoms. The van der Waals surface area contributed by atoms with Crippen LogP contribution in [0.15, 0.2) is 41.9 Å². The largest absolute Gasteiger partial charge is 0.462 e. The molecule has 1 aliphatic heterocycles. The molecule has 162 valence electrons. The first-order chi connectivity index (χ1) is 15.1. The molecule has 4 rings (SSSR count). The molecule has 0 bridgehead atoms. The number of carbonyl (C=O) groups is 2. The number of carbonyl (C=O) groups excluding carboxylic acids is 2. The molecule has 2 N–H and O–H groups in total. The molecule has 0 unspecified atom stereocenters. The van der Waals surface area contributed by atoms with E-state index in [2.05, 4.69) is 10.00 Å². The highest BCUT2D eigenvalue weighted by molar-refractivity contribution is 7.12. The standard InChI is InChI=1S/C22H25N5O3S/c1-2-30-21(29)17-12-24-27(19(17)13-26-10-8-16(9-11-26)20(23)28)22-25-18(14-31-22)15-6-4-3-5-7-15/h3-7,12,14,16H,2,8-11,13H2,1H3,(H2,23,28). The fourth-order valence-corrected chi connectivity index (χ4v) is 4.57. The van der Waals surface area contributed by atoms with Crippen LogP contribution in [0.3, 0.4) is 0 Å². The van der Waals surface area contributed by atoms with Gasteiger partial charge in [0, 0.05) is 23.4 Å². The van der Waals surface area contributed by atoms with Gasteiger partial charge in [-0.2, -0.15) is 5.10 Å². The molecule has 8 nitrogen and oxygen atoms in total. The lowest BCUT2D eigenvalue weighted by atomic mass is 9.96. The van der Waals surface area contributed by atoms with Gasteiger partial charge in [0.1, 0.15) is 5.56 Å². The van der Waals surface area contributed by atoms with Gasteiger partial charge in [0.25, 0.3) is 0 Å². The molecule has 1 aromatic carbocycles. The van der Waals surface area contributed by atoms with E-state index in [0.717, 1.165) is 30.0 Å². The Morgan fingerprint density at radius 1 is 1.23 bits per heavy atom. The Hall–Kier alpha value is -3.04. The number of nitrogens with two attached hydrogens (primary N) is 1. The summed E-state index contributed by atoms with van der Waals surface area (Å²) in [5.74, 6) is -0.721. The number of rotatable bonds is 7. The number of aromatic nitrogens is 3. The molecule has 1 fully saturated rings. The maximum Gasteiger partial charge on any atom is 0.341 e. The number of hydrogen-bond donors (Lipinski definition) is 1. The van der Waals surface area contributed by atoms with Gasteiger partial charge in [-0.1, -0.05) is 30.3 Å². The molecule has 9 heteroatoms. The zero-order valence-corrected chi connectivity index (χ0v) is 18.2. The van der Waals surface area contributed by atoms with Gasteiger partial charge in [-0.25, -0.2) is 14.5 Å². The summed E-state index contributed by atoms with van der Waals surface area (Å²) in [6, 6.07) is 9.94. The third-order valence-corrected chi connectivity index (χ3v) is 6.29. The fraction of sp³-hybridized carbons (Fsp3) is 0.364. The average Bonchev–Trinajstić information content (AvgIpc) is 3.42. The van der Waals surface area contributed by atoms with Crippen LogP contribution in [0.2, 0.25) is 0 Å². The summed E-state index contributed by atoms with van der Waals surface area (Å²) >= 11 is 1.47. The normalized spacial score (nSPS) is 15.1. The molecule has 2 aromatic heterocycles. The number of nitrogens with zero attached hydrogens (tertiary/aromatic N) is 4. The lowest BCUT2D eigenvalue weighted by Crippen LogP contribution is -2.38. The van der Waals surface area contributed by atoms with E-state index in [1.807, 2.05) is 35.7 Å². The van der Waals surface area contributed by atoms with Gasteiger partial charge in [0.2, 0.25) is 11.0 Å². The zero-order chi connectivity index (χ0) is 21.8. The van der Waals surface area contributed by atoms with E-state index in [1.165, 1.54) is 11.3 Å². The first-order valence-electron chi connectivity index (χ1n) is 10.3. The van der Waals surface area contributed by atoms with Crippen LogP contribution in [-0.4, -0.2) is 51.2 Å². The van der Waals surface area contributed by atoms with Crippen LogP contribution < -0.4 is 5.73 Å². The topological polar surface area (TPSA) is 103 Å². The van der Waals surface area contributed by atoms with Gasteiger partial charge < -0.3 is 10.5 Å². The number of likely N-dealkylation sites (tertiary alicyclic amines) is 1. The molecule has 0 saturated carbocycles. The molecule has 3 heterocycles. The molecular weight excluding hydrogens is 414 g/mol. The van der Waals surface area contributed by atoms with Crippen LogP contribution in [0, 0.1) is 5.92 Å². The van der Waals surface area contributed by atoms with E-state index in [0.29, 0.717) is 36.7 Å². The summed E-state index contributed by atoms with van der Waals surface area (Å²) in [6.45, 7) is 4.05. The van der Waals surface area contributed by atoms with E-state index in [9.17, 15) is 9.59 Å². The first-order valence-corrected chi connectivity index (χ1v) is 11.2. The molecule has 0 atom stereocenters. The predicted octanol–water partition coefficient (Wildman–Crippen LogP) is 2.87. The summed E-state index contributed by atoms with van der Waals surface area (Å²) < 4.78 is 6.97. The van der Waals surface area contributed by atoms with E-state index in [4.69, 9.17) is 15.5 Å².